The third kappa shape index (κ3) is 5.31. The minimum absolute atomic E-state index is 0.222. The van der Waals surface area contributed by atoms with Crippen molar-refractivity contribution in [3.05, 3.63) is 118 Å². The molecule has 4 aromatic carbocycles. The molecule has 5 rings (SSSR count). The van der Waals surface area contributed by atoms with E-state index in [2.05, 4.69) is 25.6 Å². The molecule has 1 amide bonds. The number of anilines is 1. The molecule has 0 aliphatic rings. The molecule has 0 aliphatic carbocycles. The fourth-order valence-corrected chi connectivity index (χ4v) is 3.82. The van der Waals surface area contributed by atoms with Gasteiger partial charge in [-0.3, -0.25) is 10.1 Å². The summed E-state index contributed by atoms with van der Waals surface area (Å²) < 4.78 is 0. The number of nitrogens with one attached hydrogen (secondary N) is 4. The van der Waals surface area contributed by atoms with Crippen molar-refractivity contribution < 1.29 is 4.79 Å². The zero-order chi connectivity index (χ0) is 24.2. The number of aromatic amines is 2. The van der Waals surface area contributed by atoms with E-state index in [1.807, 2.05) is 54.6 Å². The predicted octanol–water partition coefficient (Wildman–Crippen LogP) is 5.71. The zero-order valence-corrected chi connectivity index (χ0v) is 19.1. The topological polar surface area (TPSA) is 102 Å². The predicted molar refractivity (Wildman–Crippen MR) is 140 cm³/mol. The largest absolute Gasteiger partial charge is 0.326 e. The normalized spacial score (nSPS) is 11.4. The number of aromatic nitrogens is 2. The van der Waals surface area contributed by atoms with Crippen molar-refractivity contribution in [3.63, 3.8) is 0 Å². The lowest BCUT2D eigenvalue weighted by molar-refractivity contribution is 0.0977. The van der Waals surface area contributed by atoms with Crippen LogP contribution >= 0.6 is 11.6 Å². The Kier molecular flexibility index (Phi) is 6.15. The molecule has 7 nitrogen and oxygen atoms in total. The maximum atomic E-state index is 12.9. The third-order valence-electron chi connectivity index (χ3n) is 5.31. The number of aliphatic imine (C=N–C) groups is 1. The number of hydrogen-bond acceptors (Lipinski definition) is 3. The molecule has 1 aromatic heterocycles. The summed E-state index contributed by atoms with van der Waals surface area (Å²) in [6.45, 7) is 0. The second-order valence-electron chi connectivity index (χ2n) is 7.80. The fraction of sp³-hybridized carbons (Fsp3) is 0. The number of guanidine groups is 1. The van der Waals surface area contributed by atoms with E-state index in [9.17, 15) is 9.59 Å². The van der Waals surface area contributed by atoms with Crippen LogP contribution in [0.25, 0.3) is 22.2 Å². The van der Waals surface area contributed by atoms with Gasteiger partial charge in [0.15, 0.2) is 0 Å². The summed E-state index contributed by atoms with van der Waals surface area (Å²) in [5.41, 5.74) is 4.86. The smallest absolute Gasteiger partial charge is 0.323 e. The number of H-pyrrole nitrogens is 2. The van der Waals surface area contributed by atoms with Crippen LogP contribution in [0.15, 0.2) is 107 Å². The molecular formula is C27H20ClN5O2. The average Bonchev–Trinajstić information content (AvgIpc) is 3.24. The Labute approximate surface area is 205 Å². The highest BCUT2D eigenvalue weighted by Gasteiger charge is 2.11. The second kappa shape index (κ2) is 9.70. The zero-order valence-electron chi connectivity index (χ0n) is 18.4. The highest BCUT2D eigenvalue weighted by molar-refractivity contribution is 6.31. The Bertz CT molecular complexity index is 1590. The van der Waals surface area contributed by atoms with E-state index in [0.717, 1.165) is 11.1 Å². The standard InChI is InChI=1S/C27H20ClN5O2/c28-20-8-4-7-19(15-20)25(34)33-26(30-22-13-14-23-24(16-22)32-27(35)31-23)29-21-11-9-18(10-12-21)17-5-2-1-3-6-17/h1-16H,(H2,31,32,35)(H2,29,30,33,34). The van der Waals surface area contributed by atoms with Gasteiger partial charge in [0, 0.05) is 16.3 Å². The Balaban J connectivity index is 1.46. The molecule has 5 aromatic rings. The molecule has 0 radical (unpaired) electrons. The second-order valence-corrected chi connectivity index (χ2v) is 8.24. The SMILES string of the molecule is O=C(NC(=Nc1ccc(-c2ccccc2)cc1)Nc1ccc2[nH]c(=O)[nH]c2c1)c1cccc(Cl)c1. The van der Waals surface area contributed by atoms with E-state index in [4.69, 9.17) is 11.6 Å². The summed E-state index contributed by atoms with van der Waals surface area (Å²) in [6.07, 6.45) is 0. The van der Waals surface area contributed by atoms with Crippen LogP contribution in [-0.4, -0.2) is 21.8 Å². The molecule has 0 spiro atoms. The summed E-state index contributed by atoms with van der Waals surface area (Å²) >= 11 is 6.05. The van der Waals surface area contributed by atoms with Gasteiger partial charge in [0.2, 0.25) is 5.96 Å². The Hall–Kier alpha value is -4.62. The van der Waals surface area contributed by atoms with E-state index < -0.39 is 0 Å². The molecule has 0 aliphatic heterocycles. The van der Waals surface area contributed by atoms with Gasteiger partial charge >= 0.3 is 5.69 Å². The number of hydrogen-bond donors (Lipinski definition) is 4. The lowest BCUT2D eigenvalue weighted by Crippen LogP contribution is -2.35. The van der Waals surface area contributed by atoms with Gasteiger partial charge < -0.3 is 15.3 Å². The van der Waals surface area contributed by atoms with Crippen molar-refractivity contribution in [2.75, 3.05) is 5.32 Å². The van der Waals surface area contributed by atoms with Gasteiger partial charge in [0.25, 0.3) is 5.91 Å². The first-order valence-electron chi connectivity index (χ1n) is 10.8. The molecule has 0 atom stereocenters. The van der Waals surface area contributed by atoms with Gasteiger partial charge in [-0.05, 0) is 59.7 Å². The van der Waals surface area contributed by atoms with Crippen LogP contribution in [-0.2, 0) is 0 Å². The van der Waals surface area contributed by atoms with Crippen LogP contribution in [0.3, 0.4) is 0 Å². The van der Waals surface area contributed by atoms with Crippen LogP contribution in [0.2, 0.25) is 5.02 Å². The molecule has 0 fully saturated rings. The van der Waals surface area contributed by atoms with Gasteiger partial charge in [-0.2, -0.15) is 0 Å². The molecule has 172 valence electrons. The first-order valence-corrected chi connectivity index (χ1v) is 11.2. The number of benzene rings is 4. The van der Waals surface area contributed by atoms with Crippen molar-refractivity contribution in [2.24, 2.45) is 4.99 Å². The number of halogens is 1. The number of amides is 1. The van der Waals surface area contributed by atoms with Crippen LogP contribution in [0, 0.1) is 0 Å². The number of nitrogens with zero attached hydrogens (tertiary/aromatic N) is 1. The van der Waals surface area contributed by atoms with Crippen LogP contribution < -0.4 is 16.3 Å². The molecule has 1 heterocycles. The first-order chi connectivity index (χ1) is 17.0. The minimum Gasteiger partial charge on any atom is -0.326 e. The number of carbonyl (C=O) groups is 1. The quantitative estimate of drug-likeness (QED) is 0.195. The fourth-order valence-electron chi connectivity index (χ4n) is 3.63. The summed E-state index contributed by atoms with van der Waals surface area (Å²) in [4.78, 5) is 34.6. The Morgan fingerprint density at radius 2 is 1.51 bits per heavy atom. The maximum absolute atomic E-state index is 12.9. The average molecular weight is 482 g/mol. The summed E-state index contributed by atoms with van der Waals surface area (Å²) in [7, 11) is 0. The van der Waals surface area contributed by atoms with E-state index >= 15 is 0 Å². The number of rotatable bonds is 4. The summed E-state index contributed by atoms with van der Waals surface area (Å²) in [6, 6.07) is 29.7. The number of imidazole rings is 1. The van der Waals surface area contributed by atoms with Crippen molar-refractivity contribution in [1.82, 2.24) is 15.3 Å². The minimum atomic E-state index is -0.365. The lowest BCUT2D eigenvalue weighted by Gasteiger charge is -2.12. The first kappa shape index (κ1) is 22.2. The van der Waals surface area contributed by atoms with Gasteiger partial charge in [-0.15, -0.1) is 0 Å². The number of fused-ring (bicyclic) bond motifs is 1. The van der Waals surface area contributed by atoms with Crippen molar-refractivity contribution in [3.8, 4) is 11.1 Å². The number of carbonyl (C=O) groups excluding carboxylic acids is 1. The lowest BCUT2D eigenvalue weighted by atomic mass is 10.1. The Morgan fingerprint density at radius 3 is 2.29 bits per heavy atom. The highest BCUT2D eigenvalue weighted by Crippen LogP contribution is 2.23. The summed E-state index contributed by atoms with van der Waals surface area (Å²) in [5, 5.41) is 6.42. The van der Waals surface area contributed by atoms with Crippen molar-refractivity contribution in [1.29, 1.82) is 0 Å². The van der Waals surface area contributed by atoms with Crippen LogP contribution in [0.4, 0.5) is 11.4 Å². The van der Waals surface area contributed by atoms with E-state index in [0.29, 0.717) is 33.0 Å². The molecule has 0 saturated carbocycles. The molecule has 8 heteroatoms. The monoisotopic (exact) mass is 481 g/mol. The van der Waals surface area contributed by atoms with Gasteiger partial charge in [0.1, 0.15) is 0 Å². The van der Waals surface area contributed by atoms with Crippen LogP contribution in [0.1, 0.15) is 10.4 Å². The van der Waals surface area contributed by atoms with E-state index in [-0.39, 0.29) is 17.6 Å². The van der Waals surface area contributed by atoms with E-state index in [1.165, 1.54) is 0 Å². The highest BCUT2D eigenvalue weighted by atomic mass is 35.5. The maximum Gasteiger partial charge on any atom is 0.323 e. The van der Waals surface area contributed by atoms with Gasteiger partial charge in [0.05, 0.1) is 16.7 Å². The van der Waals surface area contributed by atoms with E-state index in [1.54, 1.807) is 42.5 Å². The molecule has 0 saturated heterocycles. The van der Waals surface area contributed by atoms with Crippen LogP contribution in [0.5, 0.6) is 0 Å². The Morgan fingerprint density at radius 1 is 0.771 bits per heavy atom. The van der Waals surface area contributed by atoms with Crippen molar-refractivity contribution in [2.45, 2.75) is 0 Å². The molecule has 35 heavy (non-hydrogen) atoms. The summed E-state index contributed by atoms with van der Waals surface area (Å²) in [5.74, 6) is -0.143. The molecular weight excluding hydrogens is 462 g/mol. The third-order valence-corrected chi connectivity index (χ3v) is 5.55. The molecule has 4 N–H and O–H groups in total. The molecule has 0 bridgehead atoms. The van der Waals surface area contributed by atoms with Gasteiger partial charge in [-0.25, -0.2) is 9.79 Å². The van der Waals surface area contributed by atoms with Gasteiger partial charge in [-0.1, -0.05) is 60.1 Å². The van der Waals surface area contributed by atoms with Crippen molar-refractivity contribution >= 4 is 45.9 Å². The molecule has 0 unspecified atom stereocenters.